The molecule has 0 aliphatic carbocycles. The Morgan fingerprint density at radius 3 is 2.60 bits per heavy atom. The topological polar surface area (TPSA) is 22.1 Å². The summed E-state index contributed by atoms with van der Waals surface area (Å²) in [5, 5.41) is 3.25. The Hall–Kier alpha value is -0.410. The molecule has 0 radical (unpaired) electrons. The fraction of sp³-hybridized carbons (Fsp3) is 0.750. The summed E-state index contributed by atoms with van der Waals surface area (Å²) < 4.78 is 5.54. The molecule has 15 heavy (non-hydrogen) atoms. The molecule has 0 aromatic carbocycles. The molecule has 0 saturated carbocycles. The van der Waals surface area contributed by atoms with Crippen molar-refractivity contribution in [2.24, 2.45) is 5.41 Å². The summed E-state index contributed by atoms with van der Waals surface area (Å²) in [5.41, 5.74) is 1.31. The number of nitrogens with zero attached hydrogens (tertiary/aromatic N) is 1. The van der Waals surface area contributed by atoms with Gasteiger partial charge in [0.05, 0.1) is 5.69 Å². The highest BCUT2D eigenvalue weighted by Crippen LogP contribution is 2.36. The van der Waals surface area contributed by atoms with Crippen LogP contribution in [0, 0.1) is 5.41 Å². The van der Waals surface area contributed by atoms with E-state index in [2.05, 4.69) is 38.1 Å². The molecular formula is C12H21NOS. The van der Waals surface area contributed by atoms with Gasteiger partial charge in [0.1, 0.15) is 11.1 Å². The Kier molecular flexibility index (Phi) is 4.29. The van der Waals surface area contributed by atoms with Crippen LogP contribution in [-0.4, -0.2) is 12.1 Å². The zero-order valence-corrected chi connectivity index (χ0v) is 11.1. The van der Waals surface area contributed by atoms with E-state index in [0.29, 0.717) is 0 Å². The monoisotopic (exact) mass is 227 g/mol. The molecule has 3 heteroatoms. The Balaban J connectivity index is 2.83. The summed E-state index contributed by atoms with van der Waals surface area (Å²) in [6.45, 7) is 8.72. The fourth-order valence-corrected chi connectivity index (χ4v) is 2.81. The van der Waals surface area contributed by atoms with E-state index < -0.39 is 0 Å². The number of thiazole rings is 1. The average Bonchev–Trinajstić information content (AvgIpc) is 2.52. The van der Waals surface area contributed by atoms with Crippen molar-refractivity contribution in [3.8, 4) is 0 Å². The van der Waals surface area contributed by atoms with E-state index in [0.717, 1.165) is 17.8 Å². The second-order valence-corrected chi connectivity index (χ2v) is 5.80. The van der Waals surface area contributed by atoms with Gasteiger partial charge in [-0.1, -0.05) is 34.1 Å². The molecule has 1 atom stereocenters. The highest BCUT2D eigenvalue weighted by molar-refractivity contribution is 7.09. The minimum Gasteiger partial charge on any atom is -0.374 e. The number of hydrogen-bond acceptors (Lipinski definition) is 3. The first-order chi connectivity index (χ1) is 6.99. The van der Waals surface area contributed by atoms with Gasteiger partial charge in [-0.15, -0.1) is 11.3 Å². The van der Waals surface area contributed by atoms with Gasteiger partial charge in [-0.3, -0.25) is 0 Å². The minimum absolute atomic E-state index is 0.105. The summed E-state index contributed by atoms with van der Waals surface area (Å²) >= 11 is 1.71. The molecular weight excluding hydrogens is 206 g/mol. The summed E-state index contributed by atoms with van der Waals surface area (Å²) in [4.78, 5) is 4.63. The highest BCUT2D eigenvalue weighted by Gasteiger charge is 2.28. The normalized spacial score (nSPS) is 14.2. The van der Waals surface area contributed by atoms with Crippen molar-refractivity contribution in [2.75, 3.05) is 7.11 Å². The molecule has 0 N–H and O–H groups in total. The maximum absolute atomic E-state index is 5.54. The number of aromatic nitrogens is 1. The van der Waals surface area contributed by atoms with Crippen molar-refractivity contribution in [2.45, 2.75) is 46.6 Å². The predicted octanol–water partition coefficient (Wildman–Crippen LogP) is 3.83. The fourth-order valence-electron chi connectivity index (χ4n) is 1.64. The van der Waals surface area contributed by atoms with E-state index >= 15 is 0 Å². The van der Waals surface area contributed by atoms with Crippen LogP contribution in [-0.2, 0) is 11.2 Å². The maximum atomic E-state index is 5.54. The van der Waals surface area contributed by atoms with Crippen LogP contribution in [0.3, 0.4) is 0 Å². The van der Waals surface area contributed by atoms with Crippen LogP contribution in [0.1, 0.15) is 50.9 Å². The van der Waals surface area contributed by atoms with E-state index in [1.165, 1.54) is 5.69 Å². The third kappa shape index (κ3) is 3.28. The molecule has 1 heterocycles. The smallest absolute Gasteiger partial charge is 0.122 e. The molecule has 2 nitrogen and oxygen atoms in total. The van der Waals surface area contributed by atoms with Crippen LogP contribution in [0.5, 0.6) is 0 Å². The van der Waals surface area contributed by atoms with E-state index in [9.17, 15) is 0 Å². The number of ether oxygens (including phenoxy) is 1. The van der Waals surface area contributed by atoms with Crippen LogP contribution < -0.4 is 0 Å². The van der Waals surface area contributed by atoms with Gasteiger partial charge in [0.15, 0.2) is 0 Å². The summed E-state index contributed by atoms with van der Waals surface area (Å²) in [6.07, 6.45) is 2.32. The van der Waals surface area contributed by atoms with Gasteiger partial charge in [0, 0.05) is 12.5 Å². The largest absolute Gasteiger partial charge is 0.374 e. The Morgan fingerprint density at radius 1 is 1.47 bits per heavy atom. The van der Waals surface area contributed by atoms with E-state index in [-0.39, 0.29) is 11.5 Å². The Morgan fingerprint density at radius 2 is 2.13 bits per heavy atom. The zero-order valence-electron chi connectivity index (χ0n) is 10.3. The molecule has 1 aromatic heterocycles. The van der Waals surface area contributed by atoms with Crippen LogP contribution in [0.15, 0.2) is 5.38 Å². The lowest BCUT2D eigenvalue weighted by Crippen LogP contribution is -2.19. The molecule has 86 valence electrons. The van der Waals surface area contributed by atoms with Crippen molar-refractivity contribution in [3.05, 3.63) is 16.1 Å². The zero-order chi connectivity index (χ0) is 11.5. The average molecular weight is 227 g/mol. The Bertz CT molecular complexity index is 301. The first kappa shape index (κ1) is 12.7. The molecule has 0 saturated heterocycles. The number of rotatable bonds is 4. The second-order valence-electron chi connectivity index (χ2n) is 4.91. The third-order valence-electron chi connectivity index (χ3n) is 2.32. The van der Waals surface area contributed by atoms with E-state index in [4.69, 9.17) is 4.74 Å². The van der Waals surface area contributed by atoms with Crippen molar-refractivity contribution < 1.29 is 4.74 Å². The lowest BCUT2D eigenvalue weighted by atomic mass is 9.89. The van der Waals surface area contributed by atoms with Crippen LogP contribution >= 0.6 is 11.3 Å². The molecule has 0 aliphatic rings. The molecule has 1 unspecified atom stereocenters. The highest BCUT2D eigenvalue weighted by atomic mass is 32.1. The SMILES string of the molecule is CCCc1csc(C(OC)C(C)(C)C)n1. The summed E-state index contributed by atoms with van der Waals surface area (Å²) in [7, 11) is 1.76. The molecule has 0 spiro atoms. The van der Waals surface area contributed by atoms with Gasteiger partial charge in [-0.2, -0.15) is 0 Å². The second kappa shape index (κ2) is 5.08. The number of hydrogen-bond donors (Lipinski definition) is 0. The summed E-state index contributed by atoms with van der Waals surface area (Å²) in [6, 6.07) is 0. The minimum atomic E-state index is 0.105. The van der Waals surface area contributed by atoms with Gasteiger partial charge >= 0.3 is 0 Å². The predicted molar refractivity (Wildman–Crippen MR) is 65.3 cm³/mol. The van der Waals surface area contributed by atoms with Gasteiger partial charge < -0.3 is 4.74 Å². The number of aryl methyl sites for hydroxylation is 1. The standard InChI is InChI=1S/C12H21NOS/c1-6-7-9-8-15-11(13-9)10(14-5)12(2,3)4/h8,10H,6-7H2,1-5H3. The Labute approximate surface area is 96.7 Å². The summed E-state index contributed by atoms with van der Waals surface area (Å²) in [5.74, 6) is 0. The van der Waals surface area contributed by atoms with Crippen molar-refractivity contribution >= 4 is 11.3 Å². The third-order valence-corrected chi connectivity index (χ3v) is 3.26. The van der Waals surface area contributed by atoms with Crippen molar-refractivity contribution in [1.29, 1.82) is 0 Å². The van der Waals surface area contributed by atoms with Crippen LogP contribution in [0.2, 0.25) is 0 Å². The quantitative estimate of drug-likeness (QED) is 0.780. The van der Waals surface area contributed by atoms with E-state index in [1.54, 1.807) is 18.4 Å². The van der Waals surface area contributed by atoms with Crippen molar-refractivity contribution in [1.82, 2.24) is 4.98 Å². The molecule has 0 fully saturated rings. The lowest BCUT2D eigenvalue weighted by molar-refractivity contribution is 0.0149. The van der Waals surface area contributed by atoms with Crippen LogP contribution in [0.25, 0.3) is 0 Å². The van der Waals surface area contributed by atoms with Gasteiger partial charge in [-0.05, 0) is 11.8 Å². The molecule has 1 rings (SSSR count). The van der Waals surface area contributed by atoms with Gasteiger partial charge in [0.25, 0.3) is 0 Å². The molecule has 0 aliphatic heterocycles. The lowest BCUT2D eigenvalue weighted by Gasteiger charge is -2.27. The van der Waals surface area contributed by atoms with Crippen molar-refractivity contribution in [3.63, 3.8) is 0 Å². The molecule has 0 amide bonds. The first-order valence-corrected chi connectivity index (χ1v) is 6.34. The number of methoxy groups -OCH3 is 1. The van der Waals surface area contributed by atoms with E-state index in [1.807, 2.05) is 0 Å². The molecule has 0 bridgehead atoms. The van der Waals surface area contributed by atoms with Gasteiger partial charge in [-0.25, -0.2) is 4.98 Å². The molecule has 1 aromatic rings. The van der Waals surface area contributed by atoms with Gasteiger partial charge in [0.2, 0.25) is 0 Å². The first-order valence-electron chi connectivity index (χ1n) is 5.46. The maximum Gasteiger partial charge on any atom is 0.122 e. The van der Waals surface area contributed by atoms with Crippen LogP contribution in [0.4, 0.5) is 0 Å².